The summed E-state index contributed by atoms with van der Waals surface area (Å²) in [5, 5.41) is 0. The van der Waals surface area contributed by atoms with Crippen molar-refractivity contribution in [2.45, 2.75) is 149 Å². The standard InChI is InChI=1S/C28H55NO/c1-4-7-10-11-12-13-14-15-16-17-18-19-20-21-22-25-28(30)29(26-23-8-5-2)27-24-9-6-3/h15-16H,4-14,17-27H2,1-3H3/b16-15-. The largest absolute Gasteiger partial charge is 0.343 e. The second-order valence-corrected chi connectivity index (χ2v) is 9.13. The lowest BCUT2D eigenvalue weighted by Crippen LogP contribution is -2.32. The van der Waals surface area contributed by atoms with Crippen molar-refractivity contribution in [2.75, 3.05) is 13.1 Å². The lowest BCUT2D eigenvalue weighted by Gasteiger charge is -2.23. The third-order valence-electron chi connectivity index (χ3n) is 6.07. The molecule has 0 saturated heterocycles. The van der Waals surface area contributed by atoms with Gasteiger partial charge in [-0.1, -0.05) is 110 Å². The van der Waals surface area contributed by atoms with E-state index >= 15 is 0 Å². The number of carbonyl (C=O) groups is 1. The van der Waals surface area contributed by atoms with Gasteiger partial charge >= 0.3 is 0 Å². The van der Waals surface area contributed by atoms with Crippen LogP contribution < -0.4 is 0 Å². The number of allylic oxidation sites excluding steroid dienone is 2. The summed E-state index contributed by atoms with van der Waals surface area (Å²) in [6.07, 6.45) is 29.8. The Morgan fingerprint density at radius 3 is 1.43 bits per heavy atom. The van der Waals surface area contributed by atoms with Crippen molar-refractivity contribution in [2.24, 2.45) is 0 Å². The van der Waals surface area contributed by atoms with Crippen LogP contribution in [0.15, 0.2) is 12.2 Å². The second-order valence-electron chi connectivity index (χ2n) is 9.13. The fourth-order valence-corrected chi connectivity index (χ4v) is 3.97. The molecule has 0 aromatic carbocycles. The minimum atomic E-state index is 0.403. The molecule has 2 nitrogen and oxygen atoms in total. The molecule has 0 aromatic rings. The zero-order valence-corrected chi connectivity index (χ0v) is 21.1. The molecule has 1 amide bonds. The molecule has 0 aliphatic heterocycles. The molecular formula is C28H55NO. The van der Waals surface area contributed by atoms with E-state index in [2.05, 4.69) is 37.8 Å². The third-order valence-corrected chi connectivity index (χ3v) is 6.07. The van der Waals surface area contributed by atoms with Crippen LogP contribution in [0.4, 0.5) is 0 Å². The number of carbonyl (C=O) groups excluding carboxylic acids is 1. The Morgan fingerprint density at radius 2 is 0.933 bits per heavy atom. The molecule has 0 rings (SSSR count). The van der Waals surface area contributed by atoms with Crippen molar-refractivity contribution >= 4 is 5.91 Å². The predicted molar refractivity (Wildman–Crippen MR) is 135 cm³/mol. The maximum Gasteiger partial charge on any atom is 0.222 e. The molecule has 178 valence electrons. The number of hydrogen-bond donors (Lipinski definition) is 0. The number of amides is 1. The highest BCUT2D eigenvalue weighted by molar-refractivity contribution is 5.76. The summed E-state index contributed by atoms with van der Waals surface area (Å²) in [5.74, 6) is 0.403. The summed E-state index contributed by atoms with van der Waals surface area (Å²) in [6, 6.07) is 0. The van der Waals surface area contributed by atoms with Crippen LogP contribution in [0, 0.1) is 0 Å². The second kappa shape index (κ2) is 24.5. The van der Waals surface area contributed by atoms with Crippen molar-refractivity contribution in [3.63, 3.8) is 0 Å². The van der Waals surface area contributed by atoms with Gasteiger partial charge in [0, 0.05) is 19.5 Å². The molecule has 0 N–H and O–H groups in total. The number of rotatable bonds is 23. The molecule has 0 bridgehead atoms. The van der Waals surface area contributed by atoms with Gasteiger partial charge in [-0.2, -0.15) is 0 Å². The number of hydrogen-bond acceptors (Lipinski definition) is 1. The van der Waals surface area contributed by atoms with Crippen LogP contribution in [0.1, 0.15) is 149 Å². The van der Waals surface area contributed by atoms with Crippen LogP contribution in [-0.4, -0.2) is 23.9 Å². The van der Waals surface area contributed by atoms with Crippen LogP contribution in [0.2, 0.25) is 0 Å². The quantitative estimate of drug-likeness (QED) is 0.119. The van der Waals surface area contributed by atoms with Gasteiger partial charge in [0.15, 0.2) is 0 Å². The van der Waals surface area contributed by atoms with Gasteiger partial charge in [-0.3, -0.25) is 4.79 Å². The molecule has 2 heteroatoms. The van der Waals surface area contributed by atoms with E-state index in [4.69, 9.17) is 0 Å². The SMILES string of the molecule is CCCCCCCC/C=C\CCCCCCCC(=O)N(CCCCC)CCCCC. The summed E-state index contributed by atoms with van der Waals surface area (Å²) in [6.45, 7) is 8.69. The van der Waals surface area contributed by atoms with Crippen LogP contribution in [0.25, 0.3) is 0 Å². The molecule has 0 aliphatic rings. The van der Waals surface area contributed by atoms with Gasteiger partial charge in [-0.05, 0) is 44.9 Å². The first-order valence-corrected chi connectivity index (χ1v) is 13.7. The average molecular weight is 422 g/mol. The Bertz CT molecular complexity index is 367. The van der Waals surface area contributed by atoms with Gasteiger partial charge in [0.1, 0.15) is 0 Å². The Labute approximate surface area is 190 Å². The van der Waals surface area contributed by atoms with E-state index in [0.717, 1.165) is 25.9 Å². The highest BCUT2D eigenvalue weighted by atomic mass is 16.2. The molecule has 0 unspecified atom stereocenters. The molecule has 0 heterocycles. The Kier molecular flexibility index (Phi) is 23.8. The van der Waals surface area contributed by atoms with Crippen molar-refractivity contribution in [1.29, 1.82) is 0 Å². The van der Waals surface area contributed by atoms with Gasteiger partial charge in [-0.15, -0.1) is 0 Å². The summed E-state index contributed by atoms with van der Waals surface area (Å²) >= 11 is 0. The van der Waals surface area contributed by atoms with E-state index in [1.165, 1.54) is 116 Å². The van der Waals surface area contributed by atoms with E-state index in [-0.39, 0.29) is 0 Å². The molecule has 30 heavy (non-hydrogen) atoms. The third kappa shape index (κ3) is 20.5. The van der Waals surface area contributed by atoms with Crippen LogP contribution in [0.5, 0.6) is 0 Å². The Hall–Kier alpha value is -0.790. The zero-order valence-electron chi connectivity index (χ0n) is 21.1. The monoisotopic (exact) mass is 421 g/mol. The van der Waals surface area contributed by atoms with E-state index in [9.17, 15) is 4.79 Å². The summed E-state index contributed by atoms with van der Waals surface area (Å²) in [5.41, 5.74) is 0. The molecule has 0 atom stereocenters. The fourth-order valence-electron chi connectivity index (χ4n) is 3.97. The van der Waals surface area contributed by atoms with Crippen molar-refractivity contribution < 1.29 is 4.79 Å². The maximum atomic E-state index is 12.6. The molecule has 0 saturated carbocycles. The van der Waals surface area contributed by atoms with Gasteiger partial charge in [0.25, 0.3) is 0 Å². The molecular weight excluding hydrogens is 366 g/mol. The first-order valence-electron chi connectivity index (χ1n) is 13.7. The molecule has 0 aliphatic carbocycles. The topological polar surface area (TPSA) is 20.3 Å². The highest BCUT2D eigenvalue weighted by Crippen LogP contribution is 2.12. The average Bonchev–Trinajstić information content (AvgIpc) is 2.75. The van der Waals surface area contributed by atoms with Gasteiger partial charge in [-0.25, -0.2) is 0 Å². The van der Waals surface area contributed by atoms with E-state index in [1.54, 1.807) is 0 Å². The van der Waals surface area contributed by atoms with Crippen LogP contribution >= 0.6 is 0 Å². The van der Waals surface area contributed by atoms with Crippen molar-refractivity contribution in [3.05, 3.63) is 12.2 Å². The van der Waals surface area contributed by atoms with Crippen LogP contribution in [-0.2, 0) is 4.79 Å². The zero-order chi connectivity index (χ0) is 22.1. The number of unbranched alkanes of at least 4 members (excludes halogenated alkanes) is 15. The van der Waals surface area contributed by atoms with Crippen molar-refractivity contribution in [1.82, 2.24) is 4.90 Å². The van der Waals surface area contributed by atoms with E-state index < -0.39 is 0 Å². The summed E-state index contributed by atoms with van der Waals surface area (Å²) in [7, 11) is 0. The van der Waals surface area contributed by atoms with E-state index in [0.29, 0.717) is 5.91 Å². The van der Waals surface area contributed by atoms with Gasteiger partial charge < -0.3 is 4.90 Å². The summed E-state index contributed by atoms with van der Waals surface area (Å²) < 4.78 is 0. The number of nitrogens with zero attached hydrogens (tertiary/aromatic N) is 1. The van der Waals surface area contributed by atoms with Gasteiger partial charge in [0.2, 0.25) is 5.91 Å². The first-order chi connectivity index (χ1) is 14.8. The highest BCUT2D eigenvalue weighted by Gasteiger charge is 2.12. The van der Waals surface area contributed by atoms with Gasteiger partial charge in [0.05, 0.1) is 0 Å². The van der Waals surface area contributed by atoms with E-state index in [1.807, 2.05) is 0 Å². The molecule has 0 spiro atoms. The summed E-state index contributed by atoms with van der Waals surface area (Å²) in [4.78, 5) is 14.7. The maximum absolute atomic E-state index is 12.6. The molecule has 0 fully saturated rings. The Balaban J connectivity index is 3.62. The smallest absolute Gasteiger partial charge is 0.222 e. The lowest BCUT2D eigenvalue weighted by atomic mass is 10.1. The lowest BCUT2D eigenvalue weighted by molar-refractivity contribution is -0.131. The normalized spacial score (nSPS) is 11.4. The minimum Gasteiger partial charge on any atom is -0.343 e. The fraction of sp³-hybridized carbons (Fsp3) is 0.893. The van der Waals surface area contributed by atoms with Crippen molar-refractivity contribution in [3.8, 4) is 0 Å². The van der Waals surface area contributed by atoms with Crippen LogP contribution in [0.3, 0.4) is 0 Å². The Morgan fingerprint density at radius 1 is 0.533 bits per heavy atom. The minimum absolute atomic E-state index is 0.403. The predicted octanol–water partition coefficient (Wildman–Crippen LogP) is 9.23. The molecule has 0 radical (unpaired) electrons. The first kappa shape index (κ1) is 29.2. The molecule has 0 aromatic heterocycles.